The lowest BCUT2D eigenvalue weighted by Gasteiger charge is -2.21. The van der Waals surface area contributed by atoms with Crippen LogP contribution in [0.3, 0.4) is 0 Å². The van der Waals surface area contributed by atoms with E-state index >= 15 is 0 Å². The highest BCUT2D eigenvalue weighted by molar-refractivity contribution is 7.90. The molecule has 2 N–H and O–H groups in total. The van der Waals surface area contributed by atoms with Crippen molar-refractivity contribution in [2.24, 2.45) is 4.40 Å². The number of fused-ring (bicyclic) bond motifs is 2. The van der Waals surface area contributed by atoms with Crippen molar-refractivity contribution in [3.8, 4) is 5.75 Å². The lowest BCUT2D eigenvalue weighted by atomic mass is 10.1. The Bertz CT molecular complexity index is 1360. The first-order valence-corrected chi connectivity index (χ1v) is 12.0. The van der Waals surface area contributed by atoms with Crippen LogP contribution in [0.15, 0.2) is 56.7 Å². The molecule has 0 bridgehead atoms. The maximum atomic E-state index is 13.5. The summed E-state index contributed by atoms with van der Waals surface area (Å²) in [5.74, 6) is -0.548. The molecule has 10 heteroatoms. The SMILES string of the molecule is CCN(CC)CCCn1c(=O)c(C2=NS(=O)(=O)c3ccccc3N2)c(O)c2cccnc21. The quantitative estimate of drug-likeness (QED) is 0.562. The van der Waals surface area contributed by atoms with Gasteiger partial charge in [0.2, 0.25) is 0 Å². The third-order valence-electron chi connectivity index (χ3n) is 5.61. The molecule has 1 aliphatic heterocycles. The molecule has 32 heavy (non-hydrogen) atoms. The molecule has 3 heterocycles. The van der Waals surface area contributed by atoms with E-state index in [-0.39, 0.29) is 22.0 Å². The Labute approximate surface area is 186 Å². The second-order valence-electron chi connectivity index (χ2n) is 7.47. The molecule has 4 rings (SSSR count). The van der Waals surface area contributed by atoms with Crippen molar-refractivity contribution in [3.63, 3.8) is 0 Å². The Morgan fingerprint density at radius 2 is 1.88 bits per heavy atom. The number of aromatic hydroxyl groups is 1. The molecule has 0 unspecified atom stereocenters. The first kappa shape index (κ1) is 22.0. The van der Waals surface area contributed by atoms with Crippen LogP contribution in [0.5, 0.6) is 5.75 Å². The largest absolute Gasteiger partial charge is 0.506 e. The summed E-state index contributed by atoms with van der Waals surface area (Å²) in [6, 6.07) is 9.60. The molecule has 0 saturated heterocycles. The number of anilines is 1. The third-order valence-corrected chi connectivity index (χ3v) is 6.94. The number of sulfonamides is 1. The number of benzene rings is 1. The third kappa shape index (κ3) is 3.87. The molecule has 3 aromatic rings. The maximum absolute atomic E-state index is 13.5. The second-order valence-corrected chi connectivity index (χ2v) is 9.04. The Hall–Kier alpha value is -3.24. The van der Waals surface area contributed by atoms with Crippen LogP contribution in [-0.2, 0) is 16.6 Å². The minimum Gasteiger partial charge on any atom is -0.506 e. The van der Waals surface area contributed by atoms with Gasteiger partial charge in [0.15, 0.2) is 5.84 Å². The van der Waals surface area contributed by atoms with Gasteiger partial charge in [0.1, 0.15) is 21.9 Å². The number of hydrogen-bond donors (Lipinski definition) is 2. The smallest absolute Gasteiger partial charge is 0.286 e. The number of nitrogens with zero attached hydrogens (tertiary/aromatic N) is 4. The van der Waals surface area contributed by atoms with Gasteiger partial charge in [-0.25, -0.2) is 4.98 Å². The molecule has 1 aromatic carbocycles. The van der Waals surface area contributed by atoms with Gasteiger partial charge in [-0.15, -0.1) is 4.40 Å². The van der Waals surface area contributed by atoms with E-state index in [1.165, 1.54) is 10.6 Å². The monoisotopic (exact) mass is 455 g/mol. The molecule has 2 aromatic heterocycles. The average Bonchev–Trinajstić information content (AvgIpc) is 2.78. The van der Waals surface area contributed by atoms with Crippen molar-refractivity contribution < 1.29 is 13.5 Å². The molecule has 0 fully saturated rings. The van der Waals surface area contributed by atoms with Gasteiger partial charge in [-0.3, -0.25) is 9.36 Å². The highest BCUT2D eigenvalue weighted by atomic mass is 32.2. The number of aryl methyl sites for hydroxylation is 1. The van der Waals surface area contributed by atoms with Crippen LogP contribution in [-0.4, -0.2) is 53.4 Å². The van der Waals surface area contributed by atoms with Gasteiger partial charge in [0, 0.05) is 12.7 Å². The van der Waals surface area contributed by atoms with Crippen molar-refractivity contribution in [3.05, 3.63) is 58.5 Å². The van der Waals surface area contributed by atoms with Gasteiger partial charge < -0.3 is 15.3 Å². The number of rotatable bonds is 7. The van der Waals surface area contributed by atoms with Crippen molar-refractivity contribution in [2.75, 3.05) is 25.0 Å². The molecule has 168 valence electrons. The van der Waals surface area contributed by atoms with E-state index in [9.17, 15) is 18.3 Å². The van der Waals surface area contributed by atoms with Crippen LogP contribution in [0.2, 0.25) is 0 Å². The number of para-hydroxylation sites is 1. The van der Waals surface area contributed by atoms with Crippen LogP contribution in [0.1, 0.15) is 25.8 Å². The minimum atomic E-state index is -4.03. The number of amidine groups is 1. The van der Waals surface area contributed by atoms with Gasteiger partial charge >= 0.3 is 0 Å². The van der Waals surface area contributed by atoms with Gasteiger partial charge in [0.05, 0.1) is 11.1 Å². The predicted octanol–water partition coefficient (Wildman–Crippen LogP) is 2.40. The highest BCUT2D eigenvalue weighted by Crippen LogP contribution is 2.31. The normalized spacial score (nSPS) is 14.8. The molecule has 0 atom stereocenters. The second kappa shape index (κ2) is 8.71. The summed E-state index contributed by atoms with van der Waals surface area (Å²) >= 11 is 0. The molecular formula is C22H25N5O4S. The topological polar surface area (TPSA) is 117 Å². The first-order chi connectivity index (χ1) is 15.4. The molecular weight excluding hydrogens is 430 g/mol. The Morgan fingerprint density at radius 3 is 2.62 bits per heavy atom. The predicted molar refractivity (Wildman–Crippen MR) is 124 cm³/mol. The van der Waals surface area contributed by atoms with Gasteiger partial charge in [-0.05, 0) is 50.3 Å². The molecule has 0 radical (unpaired) electrons. The zero-order chi connectivity index (χ0) is 22.9. The summed E-state index contributed by atoms with van der Waals surface area (Å²) in [6.45, 7) is 7.14. The summed E-state index contributed by atoms with van der Waals surface area (Å²) < 4.78 is 30.7. The van der Waals surface area contributed by atoms with E-state index in [4.69, 9.17) is 0 Å². The van der Waals surface area contributed by atoms with Crippen LogP contribution in [0.25, 0.3) is 11.0 Å². The highest BCUT2D eigenvalue weighted by Gasteiger charge is 2.29. The molecule has 0 saturated carbocycles. The van der Waals surface area contributed by atoms with Crippen molar-refractivity contribution in [2.45, 2.75) is 31.7 Å². The van der Waals surface area contributed by atoms with E-state index in [1.807, 2.05) is 0 Å². The van der Waals surface area contributed by atoms with Gasteiger partial charge in [0.25, 0.3) is 15.6 Å². The van der Waals surface area contributed by atoms with Crippen LogP contribution in [0.4, 0.5) is 5.69 Å². The summed E-state index contributed by atoms with van der Waals surface area (Å²) in [6.07, 6.45) is 2.25. The summed E-state index contributed by atoms with van der Waals surface area (Å²) in [5, 5.41) is 14.2. The van der Waals surface area contributed by atoms with E-state index < -0.39 is 15.6 Å². The zero-order valence-electron chi connectivity index (χ0n) is 17.9. The summed E-state index contributed by atoms with van der Waals surface area (Å²) in [5.41, 5.74) is -0.0888. The van der Waals surface area contributed by atoms with E-state index in [0.717, 1.165) is 19.6 Å². The standard InChI is InChI=1S/C22H25N5O4S/c1-3-26(4-2)13-8-14-27-21-15(9-7-12-23-21)19(28)18(22(27)29)20-24-16-10-5-6-11-17(16)32(30,31)25-20/h5-7,9-12,28H,3-4,8,13-14H2,1-2H3,(H,24,25). The molecule has 0 aliphatic carbocycles. The van der Waals surface area contributed by atoms with E-state index in [0.29, 0.717) is 29.7 Å². The number of pyridine rings is 2. The minimum absolute atomic E-state index is 0.0187. The van der Waals surface area contributed by atoms with Crippen molar-refractivity contribution >= 4 is 32.6 Å². The fourth-order valence-electron chi connectivity index (χ4n) is 3.90. The Balaban J connectivity index is 1.84. The van der Waals surface area contributed by atoms with Gasteiger partial charge in [-0.2, -0.15) is 8.42 Å². The fourth-order valence-corrected chi connectivity index (χ4v) is 5.02. The maximum Gasteiger partial charge on any atom is 0.286 e. The molecule has 1 aliphatic rings. The molecule has 9 nitrogen and oxygen atoms in total. The molecule has 0 amide bonds. The van der Waals surface area contributed by atoms with Crippen molar-refractivity contribution in [1.29, 1.82) is 0 Å². The fraction of sp³-hybridized carbons (Fsp3) is 0.318. The Morgan fingerprint density at radius 1 is 1.12 bits per heavy atom. The van der Waals surface area contributed by atoms with E-state index in [1.54, 1.807) is 36.5 Å². The van der Waals surface area contributed by atoms with Crippen molar-refractivity contribution in [1.82, 2.24) is 14.5 Å². The van der Waals surface area contributed by atoms with Crippen LogP contribution in [0, 0.1) is 0 Å². The average molecular weight is 456 g/mol. The lowest BCUT2D eigenvalue weighted by Crippen LogP contribution is -2.33. The zero-order valence-corrected chi connectivity index (χ0v) is 18.8. The van der Waals surface area contributed by atoms with Gasteiger partial charge in [-0.1, -0.05) is 26.0 Å². The lowest BCUT2D eigenvalue weighted by molar-refractivity contribution is 0.293. The number of aromatic nitrogens is 2. The first-order valence-electron chi connectivity index (χ1n) is 10.5. The summed E-state index contributed by atoms with van der Waals surface area (Å²) in [7, 11) is -4.03. The summed E-state index contributed by atoms with van der Waals surface area (Å²) in [4.78, 5) is 20.0. The van der Waals surface area contributed by atoms with Crippen LogP contribution < -0.4 is 10.9 Å². The van der Waals surface area contributed by atoms with E-state index in [2.05, 4.69) is 33.4 Å². The number of hydrogen-bond acceptors (Lipinski definition) is 7. The Kier molecular flexibility index (Phi) is 5.98. The number of nitrogens with one attached hydrogen (secondary N) is 1. The molecule has 0 spiro atoms. The van der Waals surface area contributed by atoms with Crippen LogP contribution >= 0.6 is 0 Å².